The molecule has 1 amide bonds. The molecule has 7 heteroatoms. The normalized spacial score (nSPS) is 14.1. The van der Waals surface area contributed by atoms with Gasteiger partial charge < -0.3 is 5.32 Å². The van der Waals surface area contributed by atoms with E-state index in [0.717, 1.165) is 29.2 Å². The Kier molecular flexibility index (Phi) is 4.71. The predicted octanol–water partition coefficient (Wildman–Crippen LogP) is 3.44. The zero-order valence-electron chi connectivity index (χ0n) is 11.8. The summed E-state index contributed by atoms with van der Waals surface area (Å²) in [6.45, 7) is 0. The molecule has 112 valence electrons. The summed E-state index contributed by atoms with van der Waals surface area (Å²) in [5, 5.41) is 20.5. The van der Waals surface area contributed by atoms with Crippen LogP contribution in [0.4, 0.5) is 5.13 Å². The number of nitriles is 1. The molecule has 0 radical (unpaired) electrons. The third-order valence-corrected chi connectivity index (χ3v) is 5.62. The molecule has 0 bridgehead atoms. The van der Waals surface area contributed by atoms with Gasteiger partial charge in [-0.2, -0.15) is 5.26 Å². The molecule has 1 N–H and O–H groups in total. The number of nitrogens with zero attached hydrogens (tertiary/aromatic N) is 3. The minimum absolute atomic E-state index is 0.0498. The molecular weight excluding hydrogens is 316 g/mol. The highest BCUT2D eigenvalue weighted by molar-refractivity contribution is 8.00. The monoisotopic (exact) mass is 330 g/mol. The number of carbonyl (C=O) groups excluding carboxylic acids is 1. The molecule has 1 heterocycles. The molecule has 0 spiro atoms. The minimum Gasteiger partial charge on any atom is -0.300 e. The highest BCUT2D eigenvalue weighted by atomic mass is 32.2. The van der Waals surface area contributed by atoms with Crippen LogP contribution < -0.4 is 5.32 Å². The van der Waals surface area contributed by atoms with Crippen LogP contribution in [-0.2, 0) is 10.5 Å². The van der Waals surface area contributed by atoms with Crippen molar-refractivity contribution in [2.45, 2.75) is 29.4 Å². The molecule has 0 aliphatic heterocycles. The maximum absolute atomic E-state index is 11.9. The van der Waals surface area contributed by atoms with Gasteiger partial charge in [-0.05, 0) is 24.5 Å². The number of hydrogen-bond acceptors (Lipinski definition) is 6. The lowest BCUT2D eigenvalue weighted by atomic mass is 9.85. The Labute approximate surface area is 136 Å². The zero-order valence-corrected chi connectivity index (χ0v) is 13.4. The third-order valence-electron chi connectivity index (χ3n) is 3.60. The van der Waals surface area contributed by atoms with E-state index in [2.05, 4.69) is 21.6 Å². The van der Waals surface area contributed by atoms with Gasteiger partial charge in [-0.1, -0.05) is 47.7 Å². The number of carbonyl (C=O) groups is 1. The van der Waals surface area contributed by atoms with E-state index in [4.69, 9.17) is 5.26 Å². The first-order chi connectivity index (χ1) is 10.8. The van der Waals surface area contributed by atoms with Gasteiger partial charge in [0.2, 0.25) is 11.0 Å². The van der Waals surface area contributed by atoms with E-state index in [0.29, 0.717) is 16.4 Å². The summed E-state index contributed by atoms with van der Waals surface area (Å²) in [4.78, 5) is 11.9. The lowest BCUT2D eigenvalue weighted by Gasteiger charge is -2.23. The second-order valence-electron chi connectivity index (χ2n) is 5.05. The zero-order chi connectivity index (χ0) is 15.4. The van der Waals surface area contributed by atoms with E-state index in [1.54, 1.807) is 6.07 Å². The van der Waals surface area contributed by atoms with Gasteiger partial charge in [0.05, 0.1) is 11.6 Å². The van der Waals surface area contributed by atoms with Gasteiger partial charge in [-0.3, -0.25) is 4.79 Å². The molecule has 1 aliphatic rings. The largest absolute Gasteiger partial charge is 0.300 e. The van der Waals surface area contributed by atoms with Gasteiger partial charge in [-0.15, -0.1) is 10.2 Å². The van der Waals surface area contributed by atoms with Crippen molar-refractivity contribution < 1.29 is 4.79 Å². The van der Waals surface area contributed by atoms with Crippen LogP contribution in [-0.4, -0.2) is 16.1 Å². The summed E-state index contributed by atoms with van der Waals surface area (Å²) in [5.41, 5.74) is 1.66. The van der Waals surface area contributed by atoms with Gasteiger partial charge in [0, 0.05) is 11.7 Å². The number of amides is 1. The molecule has 0 atom stereocenters. The van der Waals surface area contributed by atoms with Crippen molar-refractivity contribution in [3.05, 3.63) is 35.4 Å². The second kappa shape index (κ2) is 6.90. The fourth-order valence-electron chi connectivity index (χ4n) is 2.09. The van der Waals surface area contributed by atoms with Crippen molar-refractivity contribution in [1.29, 1.82) is 5.26 Å². The topological polar surface area (TPSA) is 78.7 Å². The summed E-state index contributed by atoms with van der Waals surface area (Å²) < 4.78 is 0.789. The lowest BCUT2D eigenvalue weighted by molar-refractivity contribution is -0.122. The second-order valence-corrected chi connectivity index (χ2v) is 7.25. The van der Waals surface area contributed by atoms with Gasteiger partial charge in [0.15, 0.2) is 4.34 Å². The number of thioether (sulfide) groups is 1. The molecule has 5 nitrogen and oxygen atoms in total. The van der Waals surface area contributed by atoms with Gasteiger partial charge >= 0.3 is 0 Å². The molecule has 1 aromatic carbocycles. The summed E-state index contributed by atoms with van der Waals surface area (Å²) >= 11 is 2.89. The van der Waals surface area contributed by atoms with Crippen LogP contribution in [0.25, 0.3) is 0 Å². The van der Waals surface area contributed by atoms with Crippen molar-refractivity contribution in [2.24, 2.45) is 5.92 Å². The van der Waals surface area contributed by atoms with Crippen LogP contribution in [0.15, 0.2) is 28.6 Å². The third kappa shape index (κ3) is 3.46. The first-order valence-electron chi connectivity index (χ1n) is 7.01. The molecule has 1 aliphatic carbocycles. The lowest BCUT2D eigenvalue weighted by Crippen LogP contribution is -2.27. The predicted molar refractivity (Wildman–Crippen MR) is 86.6 cm³/mol. The number of hydrogen-bond donors (Lipinski definition) is 1. The maximum Gasteiger partial charge on any atom is 0.229 e. The SMILES string of the molecule is N#Cc1ccccc1CSc1nnc(NC(=O)C2CCC2)s1. The molecule has 0 saturated heterocycles. The minimum atomic E-state index is 0.0498. The molecule has 2 aromatic rings. The Bertz CT molecular complexity index is 718. The molecule has 1 aromatic heterocycles. The molecular formula is C15H14N4OS2. The fraction of sp³-hybridized carbons (Fsp3) is 0.333. The van der Waals surface area contributed by atoms with E-state index < -0.39 is 0 Å². The Balaban J connectivity index is 1.57. The number of benzene rings is 1. The van der Waals surface area contributed by atoms with Crippen LogP contribution in [0, 0.1) is 17.2 Å². The Morgan fingerprint density at radius 3 is 2.95 bits per heavy atom. The fourth-order valence-corrected chi connectivity index (χ4v) is 3.85. The first kappa shape index (κ1) is 15.0. The van der Waals surface area contributed by atoms with Crippen LogP contribution in [0.2, 0.25) is 0 Å². The Hall–Kier alpha value is -1.91. The molecule has 1 saturated carbocycles. The highest BCUT2D eigenvalue weighted by Crippen LogP contribution is 2.31. The Morgan fingerprint density at radius 1 is 1.41 bits per heavy atom. The first-order valence-corrected chi connectivity index (χ1v) is 8.81. The number of aromatic nitrogens is 2. The number of nitrogens with one attached hydrogen (secondary N) is 1. The number of anilines is 1. The van der Waals surface area contributed by atoms with E-state index >= 15 is 0 Å². The van der Waals surface area contributed by atoms with Crippen LogP contribution in [0.3, 0.4) is 0 Å². The average Bonchev–Trinajstić information content (AvgIpc) is 2.91. The van der Waals surface area contributed by atoms with Gasteiger partial charge in [-0.25, -0.2) is 0 Å². The average molecular weight is 330 g/mol. The van der Waals surface area contributed by atoms with E-state index in [1.165, 1.54) is 23.1 Å². The molecule has 3 rings (SSSR count). The molecule has 1 fully saturated rings. The van der Waals surface area contributed by atoms with Gasteiger partial charge in [0.25, 0.3) is 0 Å². The van der Waals surface area contributed by atoms with E-state index in [-0.39, 0.29) is 11.8 Å². The van der Waals surface area contributed by atoms with Crippen molar-refractivity contribution in [3.8, 4) is 6.07 Å². The smallest absolute Gasteiger partial charge is 0.229 e. The quantitative estimate of drug-likeness (QED) is 0.671. The van der Waals surface area contributed by atoms with Crippen molar-refractivity contribution >= 4 is 34.1 Å². The molecule has 22 heavy (non-hydrogen) atoms. The van der Waals surface area contributed by atoms with Crippen molar-refractivity contribution in [2.75, 3.05) is 5.32 Å². The summed E-state index contributed by atoms with van der Waals surface area (Å²) in [5.74, 6) is 0.853. The standard InChI is InChI=1S/C15H14N4OS2/c16-8-11-4-1-2-5-12(11)9-21-15-19-18-14(22-15)17-13(20)10-6-3-7-10/h1-2,4-5,10H,3,6-7,9H2,(H,17,18,20). The summed E-state index contributed by atoms with van der Waals surface area (Å²) in [7, 11) is 0. The Morgan fingerprint density at radius 2 is 2.23 bits per heavy atom. The van der Waals surface area contributed by atoms with E-state index in [1.807, 2.05) is 18.2 Å². The molecule has 0 unspecified atom stereocenters. The summed E-state index contributed by atoms with van der Waals surface area (Å²) in [6.07, 6.45) is 3.07. The van der Waals surface area contributed by atoms with E-state index in [9.17, 15) is 4.79 Å². The van der Waals surface area contributed by atoms with Crippen molar-refractivity contribution in [3.63, 3.8) is 0 Å². The van der Waals surface area contributed by atoms with Gasteiger partial charge in [0.1, 0.15) is 0 Å². The van der Waals surface area contributed by atoms with Crippen LogP contribution in [0.1, 0.15) is 30.4 Å². The van der Waals surface area contributed by atoms with Crippen LogP contribution >= 0.6 is 23.1 Å². The van der Waals surface area contributed by atoms with Crippen molar-refractivity contribution in [1.82, 2.24) is 10.2 Å². The highest BCUT2D eigenvalue weighted by Gasteiger charge is 2.25. The summed E-state index contributed by atoms with van der Waals surface area (Å²) in [6, 6.07) is 9.70. The van der Waals surface area contributed by atoms with Crippen LogP contribution in [0.5, 0.6) is 0 Å². The number of rotatable bonds is 5. The maximum atomic E-state index is 11.9.